The maximum absolute atomic E-state index is 12.9. The van der Waals surface area contributed by atoms with Gasteiger partial charge in [-0.15, -0.1) is 0 Å². The van der Waals surface area contributed by atoms with E-state index < -0.39 is 16.8 Å². The smallest absolute Gasteiger partial charge is 0.340 e. The van der Waals surface area contributed by atoms with E-state index in [1.54, 1.807) is 25.1 Å². The van der Waals surface area contributed by atoms with Gasteiger partial charge in [0.05, 0.1) is 36.0 Å². The van der Waals surface area contributed by atoms with Crippen LogP contribution >= 0.6 is 0 Å². The summed E-state index contributed by atoms with van der Waals surface area (Å²) in [6.07, 6.45) is 2.95. The molecule has 0 saturated heterocycles. The molecular formula is C19H16N2O6. The molecule has 2 heterocycles. The van der Waals surface area contributed by atoms with Crippen LogP contribution in [0.25, 0.3) is 6.08 Å². The van der Waals surface area contributed by atoms with E-state index in [2.05, 4.69) is 0 Å². The zero-order chi connectivity index (χ0) is 19.6. The number of non-ortho nitro benzene ring substituents is 1. The van der Waals surface area contributed by atoms with Crippen molar-refractivity contribution in [2.75, 3.05) is 7.11 Å². The lowest BCUT2D eigenvalue weighted by Crippen LogP contribution is -2.24. The molecule has 8 nitrogen and oxygen atoms in total. The second-order valence-electron chi connectivity index (χ2n) is 5.83. The molecule has 0 unspecified atom stereocenters. The first-order chi connectivity index (χ1) is 12.9. The highest BCUT2D eigenvalue weighted by molar-refractivity contribution is 6.16. The fraction of sp³-hybridized carbons (Fsp3) is 0.158. The SMILES string of the molecule is COC(=O)C1=C(C)N(Cc2ccco2)C(=O)/C1=C/c1cccc([N+](=O)[O-])c1. The van der Waals surface area contributed by atoms with Crippen molar-refractivity contribution in [1.29, 1.82) is 0 Å². The Morgan fingerprint density at radius 3 is 2.74 bits per heavy atom. The highest BCUT2D eigenvalue weighted by Gasteiger charge is 2.37. The molecule has 0 radical (unpaired) electrons. The van der Waals surface area contributed by atoms with Crippen LogP contribution in [0.2, 0.25) is 0 Å². The number of methoxy groups -OCH3 is 1. The van der Waals surface area contributed by atoms with Crippen LogP contribution in [-0.2, 0) is 20.9 Å². The largest absolute Gasteiger partial charge is 0.467 e. The normalized spacial score (nSPS) is 15.6. The van der Waals surface area contributed by atoms with Crippen molar-refractivity contribution in [3.8, 4) is 0 Å². The third kappa shape index (κ3) is 3.50. The van der Waals surface area contributed by atoms with Gasteiger partial charge in [0.25, 0.3) is 11.6 Å². The lowest BCUT2D eigenvalue weighted by Gasteiger charge is -2.16. The minimum Gasteiger partial charge on any atom is -0.467 e. The molecule has 1 aliphatic heterocycles. The van der Waals surface area contributed by atoms with Gasteiger partial charge in [-0.05, 0) is 30.7 Å². The Balaban J connectivity index is 2.05. The van der Waals surface area contributed by atoms with E-state index in [9.17, 15) is 19.7 Å². The fourth-order valence-electron chi connectivity index (χ4n) is 2.87. The minimum atomic E-state index is -0.653. The quantitative estimate of drug-likeness (QED) is 0.348. The number of rotatable bonds is 5. The first kappa shape index (κ1) is 18.1. The molecule has 1 aliphatic rings. The third-order valence-corrected chi connectivity index (χ3v) is 4.19. The molecule has 0 atom stereocenters. The van der Waals surface area contributed by atoms with Crippen LogP contribution in [0.3, 0.4) is 0 Å². The zero-order valence-corrected chi connectivity index (χ0v) is 14.7. The Morgan fingerprint density at radius 1 is 1.33 bits per heavy atom. The summed E-state index contributed by atoms with van der Waals surface area (Å²) in [6.45, 7) is 1.80. The highest BCUT2D eigenvalue weighted by Crippen LogP contribution is 2.33. The molecule has 138 valence electrons. The van der Waals surface area contributed by atoms with Crippen molar-refractivity contribution >= 4 is 23.6 Å². The number of amides is 1. The number of hydrogen-bond acceptors (Lipinski definition) is 6. The summed E-state index contributed by atoms with van der Waals surface area (Å²) in [5.74, 6) is -0.501. The van der Waals surface area contributed by atoms with E-state index in [0.29, 0.717) is 17.0 Å². The number of nitro groups is 1. The summed E-state index contributed by atoms with van der Waals surface area (Å²) in [4.78, 5) is 37.0. The molecule has 2 aromatic rings. The summed E-state index contributed by atoms with van der Waals surface area (Å²) in [5, 5.41) is 11.0. The van der Waals surface area contributed by atoms with E-state index in [1.165, 1.54) is 42.5 Å². The molecule has 3 rings (SSSR count). The van der Waals surface area contributed by atoms with E-state index in [4.69, 9.17) is 9.15 Å². The highest BCUT2D eigenvalue weighted by atomic mass is 16.6. The van der Waals surface area contributed by atoms with Crippen LogP contribution in [0.5, 0.6) is 0 Å². The number of allylic oxidation sites excluding steroid dienone is 1. The molecule has 0 aliphatic carbocycles. The maximum Gasteiger partial charge on any atom is 0.340 e. The van der Waals surface area contributed by atoms with Crippen molar-refractivity contribution < 1.29 is 23.7 Å². The van der Waals surface area contributed by atoms with E-state index in [1.807, 2.05) is 0 Å². The standard InChI is InChI=1S/C19H16N2O6/c1-12-17(19(23)26-2)16(10-13-5-3-6-14(9-13)21(24)25)18(22)20(12)11-15-7-4-8-27-15/h3-10H,11H2,1-2H3/b16-10+. The monoisotopic (exact) mass is 368 g/mol. The Morgan fingerprint density at radius 2 is 2.11 bits per heavy atom. The van der Waals surface area contributed by atoms with Crippen molar-refractivity contribution in [2.45, 2.75) is 13.5 Å². The Kier molecular flexibility index (Phi) is 4.89. The summed E-state index contributed by atoms with van der Waals surface area (Å²) in [6, 6.07) is 9.24. The van der Waals surface area contributed by atoms with Crippen molar-refractivity contribution in [3.05, 3.63) is 80.9 Å². The van der Waals surface area contributed by atoms with Crippen LogP contribution in [0, 0.1) is 10.1 Å². The molecule has 0 N–H and O–H groups in total. The van der Waals surface area contributed by atoms with Gasteiger partial charge in [-0.3, -0.25) is 14.9 Å². The zero-order valence-electron chi connectivity index (χ0n) is 14.7. The van der Waals surface area contributed by atoms with Crippen LogP contribution < -0.4 is 0 Å². The van der Waals surface area contributed by atoms with Crippen LogP contribution in [0.4, 0.5) is 5.69 Å². The lowest BCUT2D eigenvalue weighted by atomic mass is 10.0. The number of ether oxygens (including phenoxy) is 1. The number of benzene rings is 1. The maximum atomic E-state index is 12.9. The Bertz CT molecular complexity index is 972. The number of nitrogens with zero attached hydrogens (tertiary/aromatic N) is 2. The average Bonchev–Trinajstić information content (AvgIpc) is 3.24. The van der Waals surface area contributed by atoms with Gasteiger partial charge in [0.15, 0.2) is 0 Å². The lowest BCUT2D eigenvalue weighted by molar-refractivity contribution is -0.384. The molecule has 1 aromatic heterocycles. The number of furan rings is 1. The Hall–Kier alpha value is -3.68. The van der Waals surface area contributed by atoms with Gasteiger partial charge in [0, 0.05) is 17.8 Å². The molecule has 1 aromatic carbocycles. The topological polar surface area (TPSA) is 103 Å². The van der Waals surface area contributed by atoms with Gasteiger partial charge < -0.3 is 14.1 Å². The van der Waals surface area contributed by atoms with Gasteiger partial charge >= 0.3 is 5.97 Å². The van der Waals surface area contributed by atoms with E-state index in [0.717, 1.165) is 0 Å². The summed E-state index contributed by atoms with van der Waals surface area (Å²) in [5.41, 5.74) is 0.996. The van der Waals surface area contributed by atoms with Crippen LogP contribution in [0.1, 0.15) is 18.2 Å². The summed E-state index contributed by atoms with van der Waals surface area (Å²) >= 11 is 0. The van der Waals surface area contributed by atoms with E-state index >= 15 is 0 Å². The second-order valence-corrected chi connectivity index (χ2v) is 5.83. The molecular weight excluding hydrogens is 352 g/mol. The van der Waals surface area contributed by atoms with Crippen molar-refractivity contribution in [1.82, 2.24) is 4.90 Å². The van der Waals surface area contributed by atoms with Gasteiger partial charge in [-0.1, -0.05) is 12.1 Å². The minimum absolute atomic E-state index is 0.109. The molecule has 0 bridgehead atoms. The van der Waals surface area contributed by atoms with Gasteiger partial charge in [-0.25, -0.2) is 4.79 Å². The van der Waals surface area contributed by atoms with Gasteiger partial charge in [0.1, 0.15) is 5.76 Å². The van der Waals surface area contributed by atoms with Crippen molar-refractivity contribution in [3.63, 3.8) is 0 Å². The first-order valence-electron chi connectivity index (χ1n) is 8.02. The summed E-state index contributed by atoms with van der Waals surface area (Å²) < 4.78 is 10.1. The molecule has 0 saturated carbocycles. The van der Waals surface area contributed by atoms with Gasteiger partial charge in [-0.2, -0.15) is 0 Å². The third-order valence-electron chi connectivity index (χ3n) is 4.19. The molecule has 27 heavy (non-hydrogen) atoms. The predicted molar refractivity (Wildman–Crippen MR) is 95.0 cm³/mol. The summed E-state index contributed by atoms with van der Waals surface area (Å²) in [7, 11) is 1.23. The first-order valence-corrected chi connectivity index (χ1v) is 8.02. The average molecular weight is 368 g/mol. The number of carbonyl (C=O) groups is 2. The number of nitro benzene ring substituents is 1. The molecule has 1 amide bonds. The molecule has 8 heteroatoms. The second kappa shape index (κ2) is 7.28. The van der Waals surface area contributed by atoms with E-state index in [-0.39, 0.29) is 23.4 Å². The Labute approximate surface area is 154 Å². The fourth-order valence-corrected chi connectivity index (χ4v) is 2.87. The number of hydrogen-bond donors (Lipinski definition) is 0. The van der Waals surface area contributed by atoms with Gasteiger partial charge in [0.2, 0.25) is 0 Å². The molecule has 0 fully saturated rings. The number of esters is 1. The van der Waals surface area contributed by atoms with Crippen molar-refractivity contribution in [2.24, 2.45) is 0 Å². The predicted octanol–water partition coefficient (Wildman–Crippen LogP) is 3.06. The van der Waals surface area contributed by atoms with Crippen LogP contribution in [0.15, 0.2) is 63.9 Å². The number of carbonyl (C=O) groups excluding carboxylic acids is 2. The van der Waals surface area contributed by atoms with Crippen LogP contribution in [-0.4, -0.2) is 28.8 Å². The molecule has 0 spiro atoms.